The molecule has 1 amide bonds. The van der Waals surface area contributed by atoms with Gasteiger partial charge >= 0.3 is 5.97 Å². The van der Waals surface area contributed by atoms with Crippen molar-refractivity contribution in [3.05, 3.63) is 42.0 Å². The van der Waals surface area contributed by atoms with Crippen LogP contribution in [0.5, 0.6) is 0 Å². The zero-order valence-electron chi connectivity index (χ0n) is 10.9. The summed E-state index contributed by atoms with van der Waals surface area (Å²) >= 11 is 0. The molecule has 4 nitrogen and oxygen atoms in total. The Morgan fingerprint density at radius 3 is 2.38 bits per heavy atom. The fourth-order valence-corrected chi connectivity index (χ4v) is 3.32. The van der Waals surface area contributed by atoms with Gasteiger partial charge in [-0.05, 0) is 30.4 Å². The standard InChI is InChI=1S/C15H13F2NO3/c16-10-4-3-9(6-11(10)17)18-14(19)12-7-1-2-8(5-7)13(12)15(20)21/h1-4,6-8,12-13H,5H2,(H,18,19)(H,20,21)/t7-,8-,12-,13-/m0/s1. The lowest BCUT2D eigenvalue weighted by molar-refractivity contribution is -0.146. The summed E-state index contributed by atoms with van der Waals surface area (Å²) in [6.07, 6.45) is 4.34. The van der Waals surface area contributed by atoms with Crippen molar-refractivity contribution in [1.82, 2.24) is 0 Å². The Labute approximate surface area is 119 Å². The molecule has 0 unspecified atom stereocenters. The van der Waals surface area contributed by atoms with Gasteiger partial charge in [0.1, 0.15) is 0 Å². The Hall–Kier alpha value is -2.24. The number of anilines is 1. The largest absolute Gasteiger partial charge is 0.481 e. The molecule has 2 aliphatic carbocycles. The Kier molecular flexibility index (Phi) is 3.23. The van der Waals surface area contributed by atoms with Crippen LogP contribution in [0.1, 0.15) is 6.42 Å². The molecule has 1 saturated carbocycles. The summed E-state index contributed by atoms with van der Waals surface area (Å²) in [6, 6.07) is 3.04. The van der Waals surface area contributed by atoms with Gasteiger partial charge in [-0.3, -0.25) is 9.59 Å². The van der Waals surface area contributed by atoms with Crippen LogP contribution in [0.25, 0.3) is 0 Å². The highest BCUT2D eigenvalue weighted by atomic mass is 19.2. The summed E-state index contributed by atoms with van der Waals surface area (Å²) in [5.41, 5.74) is 0.120. The second-order valence-electron chi connectivity index (χ2n) is 5.46. The molecule has 0 aromatic heterocycles. The maximum atomic E-state index is 13.1. The van der Waals surface area contributed by atoms with Gasteiger partial charge in [0.05, 0.1) is 11.8 Å². The second-order valence-corrected chi connectivity index (χ2v) is 5.46. The summed E-state index contributed by atoms with van der Waals surface area (Å²) in [4.78, 5) is 23.6. The molecule has 2 aliphatic rings. The van der Waals surface area contributed by atoms with E-state index in [-0.39, 0.29) is 17.5 Å². The molecule has 0 radical (unpaired) electrons. The van der Waals surface area contributed by atoms with Gasteiger partial charge in [-0.15, -0.1) is 0 Å². The van der Waals surface area contributed by atoms with Crippen LogP contribution in [0.3, 0.4) is 0 Å². The second kappa shape index (κ2) is 4.95. The molecule has 6 heteroatoms. The van der Waals surface area contributed by atoms with Crippen LogP contribution < -0.4 is 5.32 Å². The molecule has 4 atom stereocenters. The van der Waals surface area contributed by atoms with Crippen molar-refractivity contribution >= 4 is 17.6 Å². The number of amides is 1. The van der Waals surface area contributed by atoms with E-state index >= 15 is 0 Å². The number of allylic oxidation sites excluding steroid dienone is 2. The number of benzene rings is 1. The SMILES string of the molecule is O=C(O)[C@@H]1[C@@H](C(=O)Nc2ccc(F)c(F)c2)[C@H]2C=C[C@H]1C2. The molecule has 0 saturated heterocycles. The van der Waals surface area contributed by atoms with E-state index in [4.69, 9.17) is 0 Å². The summed E-state index contributed by atoms with van der Waals surface area (Å²) in [5, 5.41) is 11.8. The van der Waals surface area contributed by atoms with Gasteiger partial charge in [-0.2, -0.15) is 0 Å². The minimum absolute atomic E-state index is 0.110. The van der Waals surface area contributed by atoms with Gasteiger partial charge < -0.3 is 10.4 Å². The molecule has 1 aromatic carbocycles. The average molecular weight is 293 g/mol. The Bertz CT molecular complexity index is 644. The normalized spacial score (nSPS) is 29.6. The Morgan fingerprint density at radius 2 is 1.76 bits per heavy atom. The zero-order valence-corrected chi connectivity index (χ0v) is 10.9. The first kappa shape index (κ1) is 13.7. The highest BCUT2D eigenvalue weighted by molar-refractivity contribution is 5.96. The van der Waals surface area contributed by atoms with Gasteiger partial charge in [0, 0.05) is 11.8 Å². The molecular weight excluding hydrogens is 280 g/mol. The van der Waals surface area contributed by atoms with Crippen molar-refractivity contribution in [3.8, 4) is 0 Å². The van der Waals surface area contributed by atoms with Crippen LogP contribution >= 0.6 is 0 Å². The third-order valence-corrected chi connectivity index (χ3v) is 4.23. The van der Waals surface area contributed by atoms with Crippen LogP contribution in [0.2, 0.25) is 0 Å². The van der Waals surface area contributed by atoms with Crippen LogP contribution in [-0.4, -0.2) is 17.0 Å². The van der Waals surface area contributed by atoms with E-state index in [0.717, 1.165) is 12.1 Å². The minimum atomic E-state index is -1.06. The molecule has 0 heterocycles. The molecule has 2 N–H and O–H groups in total. The van der Waals surface area contributed by atoms with Crippen LogP contribution in [0, 0.1) is 35.3 Å². The van der Waals surface area contributed by atoms with Crippen molar-refractivity contribution in [2.45, 2.75) is 6.42 Å². The van der Waals surface area contributed by atoms with Crippen molar-refractivity contribution < 1.29 is 23.5 Å². The number of carbonyl (C=O) groups excluding carboxylic acids is 1. The number of carboxylic acids is 1. The molecule has 1 aromatic rings. The smallest absolute Gasteiger partial charge is 0.307 e. The first-order valence-electron chi connectivity index (χ1n) is 6.64. The molecule has 0 aliphatic heterocycles. The van der Waals surface area contributed by atoms with Crippen molar-refractivity contribution in [1.29, 1.82) is 0 Å². The number of carbonyl (C=O) groups is 2. The van der Waals surface area contributed by atoms with Gasteiger partial charge in [0.15, 0.2) is 11.6 Å². The molecular formula is C15H13F2NO3. The molecule has 21 heavy (non-hydrogen) atoms. The summed E-state index contributed by atoms with van der Waals surface area (Å²) in [7, 11) is 0. The molecule has 110 valence electrons. The lowest BCUT2D eigenvalue weighted by Gasteiger charge is -2.23. The van der Waals surface area contributed by atoms with E-state index in [1.165, 1.54) is 6.07 Å². The highest BCUT2D eigenvalue weighted by Gasteiger charge is 2.51. The first-order chi connectivity index (χ1) is 9.97. The number of rotatable bonds is 3. The number of aliphatic carboxylic acids is 1. The van der Waals surface area contributed by atoms with Crippen LogP contribution in [-0.2, 0) is 9.59 Å². The molecule has 1 fully saturated rings. The van der Waals surface area contributed by atoms with E-state index < -0.39 is 35.3 Å². The van der Waals surface area contributed by atoms with E-state index in [1.54, 1.807) is 0 Å². The fraction of sp³-hybridized carbons (Fsp3) is 0.333. The quantitative estimate of drug-likeness (QED) is 0.841. The highest BCUT2D eigenvalue weighted by Crippen LogP contribution is 2.48. The van der Waals surface area contributed by atoms with E-state index in [2.05, 4.69) is 5.32 Å². The van der Waals surface area contributed by atoms with E-state index in [0.29, 0.717) is 6.42 Å². The Balaban J connectivity index is 1.80. The number of halogens is 2. The van der Waals surface area contributed by atoms with Gasteiger partial charge in [-0.25, -0.2) is 8.78 Å². The maximum absolute atomic E-state index is 13.1. The van der Waals surface area contributed by atoms with Crippen molar-refractivity contribution in [3.63, 3.8) is 0 Å². The van der Waals surface area contributed by atoms with Crippen LogP contribution in [0.15, 0.2) is 30.4 Å². The average Bonchev–Trinajstić information content (AvgIpc) is 3.03. The number of nitrogens with one attached hydrogen (secondary N) is 1. The summed E-state index contributed by atoms with van der Waals surface area (Å²) < 4.78 is 26.0. The Morgan fingerprint density at radius 1 is 1.10 bits per heavy atom. The topological polar surface area (TPSA) is 66.4 Å². The summed E-state index contributed by atoms with van der Waals surface area (Å²) in [5.74, 6) is -5.21. The van der Waals surface area contributed by atoms with E-state index in [1.807, 2.05) is 12.2 Å². The molecule has 0 spiro atoms. The molecule has 3 rings (SSSR count). The van der Waals surface area contributed by atoms with Crippen molar-refractivity contribution in [2.75, 3.05) is 5.32 Å². The maximum Gasteiger partial charge on any atom is 0.307 e. The lowest BCUT2D eigenvalue weighted by Crippen LogP contribution is -2.36. The number of hydrogen-bond donors (Lipinski definition) is 2. The number of fused-ring (bicyclic) bond motifs is 2. The van der Waals surface area contributed by atoms with Gasteiger partial charge in [0.25, 0.3) is 0 Å². The van der Waals surface area contributed by atoms with E-state index in [9.17, 15) is 23.5 Å². The third-order valence-electron chi connectivity index (χ3n) is 4.23. The molecule has 2 bridgehead atoms. The zero-order chi connectivity index (χ0) is 15.1. The predicted molar refractivity (Wildman–Crippen MR) is 70.3 cm³/mol. The predicted octanol–water partition coefficient (Wildman–Crippen LogP) is 2.43. The lowest BCUT2D eigenvalue weighted by atomic mass is 9.82. The van der Waals surface area contributed by atoms with Crippen molar-refractivity contribution in [2.24, 2.45) is 23.7 Å². The number of hydrogen-bond acceptors (Lipinski definition) is 2. The first-order valence-corrected chi connectivity index (χ1v) is 6.64. The minimum Gasteiger partial charge on any atom is -0.481 e. The van der Waals surface area contributed by atoms with Gasteiger partial charge in [-0.1, -0.05) is 12.2 Å². The third kappa shape index (κ3) is 2.30. The van der Waals surface area contributed by atoms with Crippen LogP contribution in [0.4, 0.5) is 14.5 Å². The van der Waals surface area contributed by atoms with Gasteiger partial charge in [0.2, 0.25) is 5.91 Å². The fourth-order valence-electron chi connectivity index (χ4n) is 3.32. The monoisotopic (exact) mass is 293 g/mol. The number of carboxylic acid groups (broad SMARTS) is 1. The summed E-state index contributed by atoms with van der Waals surface area (Å²) in [6.45, 7) is 0.